The molecule has 0 aromatic rings. The molecule has 76 valence electrons. The quantitative estimate of drug-likeness (QED) is 0.452. The van der Waals surface area contributed by atoms with Gasteiger partial charge >= 0.3 is 0 Å². The predicted molar refractivity (Wildman–Crippen MR) is 62.0 cm³/mol. The van der Waals surface area contributed by atoms with E-state index in [1.54, 1.807) is 0 Å². The summed E-state index contributed by atoms with van der Waals surface area (Å²) >= 11 is 0. The highest BCUT2D eigenvalue weighted by Gasteiger charge is 2.33. The van der Waals surface area contributed by atoms with Crippen LogP contribution >= 0.6 is 0 Å². The van der Waals surface area contributed by atoms with Crippen LogP contribution in [-0.2, 0) is 0 Å². The van der Waals surface area contributed by atoms with Crippen LogP contribution in [0.5, 0.6) is 0 Å². The molecule has 0 aromatic carbocycles. The van der Waals surface area contributed by atoms with E-state index in [4.69, 9.17) is 0 Å². The zero-order valence-electron chi connectivity index (χ0n) is 9.46. The molecule has 1 fully saturated rings. The van der Waals surface area contributed by atoms with Gasteiger partial charge in [-0.05, 0) is 51.4 Å². The van der Waals surface area contributed by atoms with Crippen LogP contribution in [0.4, 0.5) is 0 Å². The molecule has 0 heteroatoms. The zero-order chi connectivity index (χ0) is 10.1. The molecule has 0 aromatic heterocycles. The van der Waals surface area contributed by atoms with Gasteiger partial charge in [-0.3, -0.25) is 0 Å². The summed E-state index contributed by atoms with van der Waals surface area (Å²) in [7, 11) is 0. The summed E-state index contributed by atoms with van der Waals surface area (Å²) in [5, 5.41) is 0. The lowest BCUT2D eigenvalue weighted by Crippen LogP contribution is -2.03. The minimum atomic E-state index is 0.820. The number of fused-ring (bicyclic) bond motifs is 2. The highest BCUT2D eigenvalue weighted by atomic mass is 14.4. The van der Waals surface area contributed by atoms with E-state index in [9.17, 15) is 0 Å². The van der Waals surface area contributed by atoms with Crippen molar-refractivity contribution < 1.29 is 0 Å². The van der Waals surface area contributed by atoms with E-state index in [0.29, 0.717) is 0 Å². The molecule has 2 bridgehead atoms. The van der Waals surface area contributed by atoms with Crippen molar-refractivity contribution in [3.8, 4) is 0 Å². The first kappa shape index (κ1) is 9.76. The molecule has 1 saturated carbocycles. The molecule has 0 nitrogen and oxygen atoms in total. The van der Waals surface area contributed by atoms with Gasteiger partial charge in [0, 0.05) is 0 Å². The lowest BCUT2D eigenvalue weighted by Gasteiger charge is -2.14. The standard InChI is InChI=1S/C14H20/c1-10(2)6-11(3)7-14-9-12-4-5-13(14)8-12/h4-7,12-14H,8-9H2,1-3H3. The van der Waals surface area contributed by atoms with E-state index in [0.717, 1.165) is 17.8 Å². The lowest BCUT2D eigenvalue weighted by atomic mass is 9.91. The second-order valence-electron chi connectivity index (χ2n) is 5.08. The second-order valence-corrected chi connectivity index (χ2v) is 5.08. The van der Waals surface area contributed by atoms with E-state index in [1.165, 1.54) is 24.0 Å². The topological polar surface area (TPSA) is 0 Å². The molecule has 0 radical (unpaired) electrons. The first-order valence-corrected chi connectivity index (χ1v) is 5.67. The van der Waals surface area contributed by atoms with Crippen LogP contribution in [0.2, 0.25) is 0 Å². The van der Waals surface area contributed by atoms with Crippen LogP contribution < -0.4 is 0 Å². The number of hydrogen-bond acceptors (Lipinski definition) is 0. The van der Waals surface area contributed by atoms with E-state index >= 15 is 0 Å². The van der Waals surface area contributed by atoms with Gasteiger partial charge < -0.3 is 0 Å². The van der Waals surface area contributed by atoms with Crippen LogP contribution in [-0.4, -0.2) is 0 Å². The molecule has 0 spiro atoms. The Kier molecular flexibility index (Phi) is 2.62. The molecule has 0 N–H and O–H groups in total. The maximum absolute atomic E-state index is 2.47. The fourth-order valence-electron chi connectivity index (χ4n) is 2.86. The summed E-state index contributed by atoms with van der Waals surface area (Å²) < 4.78 is 0. The molecule has 0 heterocycles. The predicted octanol–water partition coefficient (Wildman–Crippen LogP) is 4.11. The average Bonchev–Trinajstić information content (AvgIpc) is 2.62. The van der Waals surface area contributed by atoms with Gasteiger partial charge in [0.05, 0.1) is 0 Å². The second kappa shape index (κ2) is 3.76. The van der Waals surface area contributed by atoms with Gasteiger partial charge in [0.25, 0.3) is 0 Å². The van der Waals surface area contributed by atoms with Gasteiger partial charge in [-0.1, -0.05) is 35.5 Å². The molecule has 0 aliphatic heterocycles. The van der Waals surface area contributed by atoms with Crippen molar-refractivity contribution in [3.63, 3.8) is 0 Å². The zero-order valence-corrected chi connectivity index (χ0v) is 9.46. The summed E-state index contributed by atoms with van der Waals surface area (Å²) in [6.07, 6.45) is 12.4. The van der Waals surface area contributed by atoms with Crippen molar-refractivity contribution in [3.05, 3.63) is 35.5 Å². The van der Waals surface area contributed by atoms with Crippen molar-refractivity contribution in [1.82, 2.24) is 0 Å². The lowest BCUT2D eigenvalue weighted by molar-refractivity contribution is 0.548. The van der Waals surface area contributed by atoms with E-state index in [1.807, 2.05) is 0 Å². The van der Waals surface area contributed by atoms with E-state index in [-0.39, 0.29) is 0 Å². The van der Waals surface area contributed by atoms with Crippen LogP contribution in [0.1, 0.15) is 33.6 Å². The first-order valence-electron chi connectivity index (χ1n) is 5.67. The van der Waals surface area contributed by atoms with Crippen LogP contribution in [0.25, 0.3) is 0 Å². The largest absolute Gasteiger partial charge is 0.0851 e. The Morgan fingerprint density at radius 2 is 1.93 bits per heavy atom. The molecule has 0 saturated heterocycles. The van der Waals surface area contributed by atoms with Crippen LogP contribution in [0, 0.1) is 17.8 Å². The van der Waals surface area contributed by atoms with Gasteiger partial charge in [0.2, 0.25) is 0 Å². The fourth-order valence-corrected chi connectivity index (χ4v) is 2.86. The van der Waals surface area contributed by atoms with Crippen LogP contribution in [0.3, 0.4) is 0 Å². The van der Waals surface area contributed by atoms with Crippen molar-refractivity contribution >= 4 is 0 Å². The molecule has 2 aliphatic carbocycles. The maximum atomic E-state index is 2.47. The maximum Gasteiger partial charge on any atom is -0.0159 e. The number of allylic oxidation sites excluding steroid dienone is 6. The smallest absolute Gasteiger partial charge is 0.0159 e. The van der Waals surface area contributed by atoms with Gasteiger partial charge in [-0.2, -0.15) is 0 Å². The molecule has 3 atom stereocenters. The SMILES string of the molecule is CC(C)=CC(C)=CC1CC2C=CC1C2. The molecular weight excluding hydrogens is 168 g/mol. The van der Waals surface area contributed by atoms with Gasteiger partial charge in [0.15, 0.2) is 0 Å². The Bertz CT molecular complexity index is 300. The Balaban J connectivity index is 2.04. The number of rotatable bonds is 2. The van der Waals surface area contributed by atoms with Crippen molar-refractivity contribution in [2.75, 3.05) is 0 Å². The normalized spacial score (nSPS) is 35.1. The van der Waals surface area contributed by atoms with Crippen molar-refractivity contribution in [2.45, 2.75) is 33.6 Å². The molecule has 0 amide bonds. The molecule has 3 unspecified atom stereocenters. The summed E-state index contributed by atoms with van der Waals surface area (Å²) in [5.74, 6) is 2.56. The van der Waals surface area contributed by atoms with Gasteiger partial charge in [-0.15, -0.1) is 0 Å². The van der Waals surface area contributed by atoms with Gasteiger partial charge in [-0.25, -0.2) is 0 Å². The van der Waals surface area contributed by atoms with Crippen LogP contribution in [0.15, 0.2) is 35.5 Å². The Morgan fingerprint density at radius 1 is 1.14 bits per heavy atom. The third kappa shape index (κ3) is 2.00. The molecule has 2 aliphatic rings. The fraction of sp³-hybridized carbons (Fsp3) is 0.571. The van der Waals surface area contributed by atoms with Crippen molar-refractivity contribution in [1.29, 1.82) is 0 Å². The average molecular weight is 188 g/mol. The monoisotopic (exact) mass is 188 g/mol. The number of hydrogen-bond donors (Lipinski definition) is 0. The highest BCUT2D eigenvalue weighted by Crippen LogP contribution is 2.44. The minimum absolute atomic E-state index is 0.820. The summed E-state index contributed by atoms with van der Waals surface area (Å²) in [6, 6.07) is 0. The Morgan fingerprint density at radius 3 is 2.43 bits per heavy atom. The third-order valence-electron chi connectivity index (χ3n) is 3.32. The summed E-state index contributed by atoms with van der Waals surface area (Å²) in [5.41, 5.74) is 2.84. The summed E-state index contributed by atoms with van der Waals surface area (Å²) in [6.45, 7) is 6.55. The Hall–Kier alpha value is -0.780. The molecule has 2 rings (SSSR count). The first-order chi connectivity index (χ1) is 6.65. The molecule has 14 heavy (non-hydrogen) atoms. The van der Waals surface area contributed by atoms with Gasteiger partial charge in [0.1, 0.15) is 0 Å². The van der Waals surface area contributed by atoms with E-state index < -0.39 is 0 Å². The Labute approximate surface area is 87.4 Å². The minimum Gasteiger partial charge on any atom is -0.0851 e. The molecular formula is C14H20. The third-order valence-corrected chi connectivity index (χ3v) is 3.32. The highest BCUT2D eigenvalue weighted by molar-refractivity contribution is 5.24. The summed E-state index contributed by atoms with van der Waals surface area (Å²) in [4.78, 5) is 0. The van der Waals surface area contributed by atoms with E-state index in [2.05, 4.69) is 45.1 Å². The van der Waals surface area contributed by atoms with Crippen molar-refractivity contribution in [2.24, 2.45) is 17.8 Å².